The number of para-hydroxylation sites is 2. The zero-order chi connectivity index (χ0) is 14.5. The van der Waals surface area contributed by atoms with Gasteiger partial charge in [-0.2, -0.15) is 0 Å². The first-order chi connectivity index (χ1) is 8.83. The van der Waals surface area contributed by atoms with Crippen LogP contribution in [0.25, 0.3) is 0 Å². The molecule has 0 heterocycles. The highest BCUT2D eigenvalue weighted by atomic mass is 16.5. The van der Waals surface area contributed by atoms with Crippen LogP contribution in [0.1, 0.15) is 13.8 Å². The molecule has 0 spiro atoms. The minimum absolute atomic E-state index is 0.00526. The van der Waals surface area contributed by atoms with Crippen molar-refractivity contribution in [3.8, 4) is 11.5 Å². The molecular weight excluding hydrogens is 250 g/mol. The first-order valence-corrected chi connectivity index (χ1v) is 5.74. The number of phenolic OH excluding ortho intramolecular Hbond substituents is 1. The van der Waals surface area contributed by atoms with E-state index >= 15 is 0 Å². The van der Waals surface area contributed by atoms with Crippen molar-refractivity contribution in [2.75, 3.05) is 13.2 Å². The van der Waals surface area contributed by atoms with E-state index in [2.05, 4.69) is 5.32 Å². The van der Waals surface area contributed by atoms with Crippen molar-refractivity contribution >= 4 is 11.9 Å². The van der Waals surface area contributed by atoms with Gasteiger partial charge in [0.1, 0.15) is 0 Å². The molecule has 1 amide bonds. The van der Waals surface area contributed by atoms with Crippen LogP contribution in [0.3, 0.4) is 0 Å². The second kappa shape index (κ2) is 6.08. The maximum atomic E-state index is 11.5. The topological polar surface area (TPSA) is 95.9 Å². The van der Waals surface area contributed by atoms with Crippen LogP contribution in [0.15, 0.2) is 24.3 Å². The number of nitrogens with one attached hydrogen (secondary N) is 1. The van der Waals surface area contributed by atoms with Crippen LogP contribution in [0.5, 0.6) is 11.5 Å². The lowest BCUT2D eigenvalue weighted by molar-refractivity contribution is -0.146. The van der Waals surface area contributed by atoms with Gasteiger partial charge in [0.15, 0.2) is 18.1 Å². The average Bonchev–Trinajstić information content (AvgIpc) is 2.35. The number of aliphatic carboxylic acids is 1. The number of hydrogen-bond acceptors (Lipinski definition) is 4. The lowest BCUT2D eigenvalue weighted by atomic mass is 9.94. The summed E-state index contributed by atoms with van der Waals surface area (Å²) in [5, 5.41) is 20.8. The number of rotatable bonds is 6. The zero-order valence-corrected chi connectivity index (χ0v) is 10.8. The van der Waals surface area contributed by atoms with E-state index in [1.165, 1.54) is 26.0 Å². The molecule has 0 saturated carbocycles. The van der Waals surface area contributed by atoms with Gasteiger partial charge in [-0.05, 0) is 26.0 Å². The minimum atomic E-state index is -1.04. The molecule has 1 rings (SSSR count). The molecule has 0 aliphatic carbocycles. The molecule has 0 aliphatic heterocycles. The first kappa shape index (κ1) is 14.8. The van der Waals surface area contributed by atoms with Crippen molar-refractivity contribution in [3.05, 3.63) is 24.3 Å². The molecule has 0 bridgehead atoms. The molecule has 3 N–H and O–H groups in total. The second-order valence-corrected chi connectivity index (χ2v) is 4.72. The van der Waals surface area contributed by atoms with Crippen LogP contribution in [-0.2, 0) is 9.59 Å². The molecule has 1 aromatic carbocycles. The minimum Gasteiger partial charge on any atom is -0.504 e. The maximum absolute atomic E-state index is 11.5. The molecule has 0 atom stereocenters. The Hall–Kier alpha value is -2.24. The van der Waals surface area contributed by atoms with Crippen LogP contribution < -0.4 is 10.1 Å². The van der Waals surface area contributed by atoms with Crippen LogP contribution in [0.4, 0.5) is 0 Å². The van der Waals surface area contributed by atoms with Crippen molar-refractivity contribution in [2.45, 2.75) is 13.8 Å². The van der Waals surface area contributed by atoms with Gasteiger partial charge in [0, 0.05) is 6.54 Å². The largest absolute Gasteiger partial charge is 0.504 e. The smallest absolute Gasteiger partial charge is 0.310 e. The highest BCUT2D eigenvalue weighted by Crippen LogP contribution is 2.24. The number of carbonyl (C=O) groups excluding carboxylic acids is 1. The number of benzene rings is 1. The molecule has 0 saturated heterocycles. The van der Waals surface area contributed by atoms with E-state index < -0.39 is 17.3 Å². The summed E-state index contributed by atoms with van der Waals surface area (Å²) in [5.41, 5.74) is -1.04. The lowest BCUT2D eigenvalue weighted by Gasteiger charge is -2.19. The summed E-state index contributed by atoms with van der Waals surface area (Å²) in [7, 11) is 0. The van der Waals surface area contributed by atoms with Gasteiger partial charge >= 0.3 is 5.97 Å². The SMILES string of the molecule is CC(C)(CNC(=O)COc1ccccc1O)C(=O)O. The van der Waals surface area contributed by atoms with Crippen molar-refractivity contribution in [2.24, 2.45) is 5.41 Å². The second-order valence-electron chi connectivity index (χ2n) is 4.72. The number of carboxylic acids is 1. The van der Waals surface area contributed by atoms with Crippen molar-refractivity contribution in [1.82, 2.24) is 5.32 Å². The third-order valence-electron chi connectivity index (χ3n) is 2.53. The summed E-state index contributed by atoms with van der Waals surface area (Å²) >= 11 is 0. The summed E-state index contributed by atoms with van der Waals surface area (Å²) in [4.78, 5) is 22.3. The Balaban J connectivity index is 2.41. The fourth-order valence-corrected chi connectivity index (χ4v) is 1.17. The molecule has 0 aliphatic rings. The molecule has 19 heavy (non-hydrogen) atoms. The third-order valence-corrected chi connectivity index (χ3v) is 2.53. The van der Waals surface area contributed by atoms with E-state index in [4.69, 9.17) is 9.84 Å². The lowest BCUT2D eigenvalue weighted by Crippen LogP contribution is -2.40. The van der Waals surface area contributed by atoms with E-state index in [1.807, 2.05) is 0 Å². The highest BCUT2D eigenvalue weighted by molar-refractivity contribution is 5.79. The Morgan fingerprint density at radius 2 is 1.95 bits per heavy atom. The van der Waals surface area contributed by atoms with Crippen molar-refractivity contribution in [1.29, 1.82) is 0 Å². The Bertz CT molecular complexity index is 470. The van der Waals surface area contributed by atoms with E-state index in [-0.39, 0.29) is 24.7 Å². The van der Waals surface area contributed by atoms with Gasteiger partial charge in [-0.25, -0.2) is 0 Å². The molecule has 0 fully saturated rings. The van der Waals surface area contributed by atoms with E-state index in [1.54, 1.807) is 12.1 Å². The van der Waals surface area contributed by atoms with Crippen LogP contribution >= 0.6 is 0 Å². The molecule has 6 nitrogen and oxygen atoms in total. The average molecular weight is 267 g/mol. The summed E-state index contributed by atoms with van der Waals surface area (Å²) in [6.07, 6.45) is 0. The van der Waals surface area contributed by atoms with Gasteiger partial charge in [0.05, 0.1) is 5.41 Å². The van der Waals surface area contributed by atoms with E-state index in [9.17, 15) is 14.7 Å². The molecular formula is C13H17NO5. The Morgan fingerprint density at radius 3 is 2.53 bits per heavy atom. The number of carbonyl (C=O) groups is 2. The number of carboxylic acid groups (broad SMARTS) is 1. The quantitative estimate of drug-likeness (QED) is 0.714. The summed E-state index contributed by atoms with van der Waals surface area (Å²) < 4.78 is 5.11. The van der Waals surface area contributed by atoms with Crippen LogP contribution in [0, 0.1) is 5.41 Å². The summed E-state index contributed by atoms with van der Waals surface area (Å²) in [6.45, 7) is 2.75. The monoisotopic (exact) mass is 267 g/mol. The summed E-state index contributed by atoms with van der Waals surface area (Å²) in [6, 6.07) is 6.28. The van der Waals surface area contributed by atoms with Gasteiger partial charge < -0.3 is 20.3 Å². The summed E-state index contributed by atoms with van der Waals surface area (Å²) in [5.74, 6) is -1.29. The van der Waals surface area contributed by atoms with Gasteiger partial charge in [0.2, 0.25) is 0 Å². The Morgan fingerprint density at radius 1 is 1.32 bits per heavy atom. The maximum Gasteiger partial charge on any atom is 0.310 e. The number of amides is 1. The molecule has 1 aromatic rings. The Labute approximate surface area is 111 Å². The standard InChI is InChI=1S/C13H17NO5/c1-13(2,12(17)18)8-14-11(16)7-19-10-6-4-3-5-9(10)15/h3-6,15H,7-8H2,1-2H3,(H,14,16)(H,17,18). The molecule has 0 aromatic heterocycles. The van der Waals surface area contributed by atoms with Crippen molar-refractivity contribution in [3.63, 3.8) is 0 Å². The predicted molar refractivity (Wildman–Crippen MR) is 68.0 cm³/mol. The van der Waals surface area contributed by atoms with Crippen LogP contribution in [-0.4, -0.2) is 35.2 Å². The molecule has 0 radical (unpaired) electrons. The molecule has 6 heteroatoms. The number of phenols is 1. The van der Waals surface area contributed by atoms with E-state index in [0.717, 1.165) is 0 Å². The van der Waals surface area contributed by atoms with Crippen molar-refractivity contribution < 1.29 is 24.5 Å². The first-order valence-electron chi connectivity index (χ1n) is 5.74. The Kier molecular flexibility index (Phi) is 4.74. The predicted octanol–water partition coefficient (Wildman–Crippen LogP) is 0.998. The normalized spacial score (nSPS) is 10.8. The number of ether oxygens (including phenoxy) is 1. The number of aromatic hydroxyl groups is 1. The molecule has 0 unspecified atom stereocenters. The van der Waals surface area contributed by atoms with Gasteiger partial charge in [-0.15, -0.1) is 0 Å². The zero-order valence-electron chi connectivity index (χ0n) is 10.8. The number of hydrogen-bond donors (Lipinski definition) is 3. The van der Waals surface area contributed by atoms with E-state index in [0.29, 0.717) is 0 Å². The molecule has 104 valence electrons. The van der Waals surface area contributed by atoms with Gasteiger partial charge in [0.25, 0.3) is 5.91 Å². The highest BCUT2D eigenvalue weighted by Gasteiger charge is 2.27. The van der Waals surface area contributed by atoms with Gasteiger partial charge in [-0.3, -0.25) is 9.59 Å². The van der Waals surface area contributed by atoms with Crippen LogP contribution in [0.2, 0.25) is 0 Å². The fraction of sp³-hybridized carbons (Fsp3) is 0.385. The van der Waals surface area contributed by atoms with Gasteiger partial charge in [-0.1, -0.05) is 12.1 Å². The fourth-order valence-electron chi connectivity index (χ4n) is 1.17. The third kappa shape index (κ3) is 4.50.